The van der Waals surface area contributed by atoms with E-state index in [4.69, 9.17) is 5.26 Å². The highest BCUT2D eigenvalue weighted by atomic mass is 15.3. The standard InChI is InChI=1S/C30H49N5/c1-5-16-32-18-19-33(17-10-15-31)21-22-34(26-28(2)3)24-25-35(23-20-32)27-29(4)11-9-14-30-12-7-6-8-13-30/h6-9,11-12,14,29H,2,5,10,13,16-27H2,1,3-4H3/b11-9-,30-14-. The molecular weight excluding hydrogens is 430 g/mol. The van der Waals surface area contributed by atoms with Gasteiger partial charge in [0.2, 0.25) is 0 Å². The van der Waals surface area contributed by atoms with Gasteiger partial charge in [0.25, 0.3) is 0 Å². The van der Waals surface area contributed by atoms with Gasteiger partial charge < -0.3 is 9.80 Å². The molecule has 1 saturated heterocycles. The molecule has 0 N–H and O–H groups in total. The first-order valence-electron chi connectivity index (χ1n) is 13.6. The molecule has 0 radical (unpaired) electrons. The Labute approximate surface area is 215 Å². The quantitative estimate of drug-likeness (QED) is 0.423. The Balaban J connectivity index is 2.03. The van der Waals surface area contributed by atoms with Crippen LogP contribution in [0.3, 0.4) is 0 Å². The van der Waals surface area contributed by atoms with Crippen LogP contribution in [0.25, 0.3) is 0 Å². The van der Waals surface area contributed by atoms with Crippen molar-refractivity contribution in [1.29, 1.82) is 5.26 Å². The van der Waals surface area contributed by atoms with E-state index in [-0.39, 0.29) is 0 Å². The third kappa shape index (κ3) is 13.1. The van der Waals surface area contributed by atoms with Crippen molar-refractivity contribution in [1.82, 2.24) is 19.6 Å². The van der Waals surface area contributed by atoms with E-state index in [2.05, 4.69) is 95.6 Å². The summed E-state index contributed by atoms with van der Waals surface area (Å²) in [5.74, 6) is 0.513. The minimum absolute atomic E-state index is 0.513. The molecule has 194 valence electrons. The number of rotatable bonds is 10. The number of hydrogen-bond acceptors (Lipinski definition) is 5. The molecule has 1 unspecified atom stereocenters. The number of hydrogen-bond donors (Lipinski definition) is 0. The van der Waals surface area contributed by atoms with Crippen LogP contribution in [0.5, 0.6) is 0 Å². The molecule has 0 spiro atoms. The third-order valence-corrected chi connectivity index (χ3v) is 6.71. The smallest absolute Gasteiger partial charge is 0.0635 e. The van der Waals surface area contributed by atoms with Crippen LogP contribution in [-0.2, 0) is 0 Å². The highest BCUT2D eigenvalue weighted by Crippen LogP contribution is 2.11. The molecule has 35 heavy (non-hydrogen) atoms. The molecule has 5 heteroatoms. The van der Waals surface area contributed by atoms with Gasteiger partial charge in [-0.2, -0.15) is 5.26 Å². The summed E-state index contributed by atoms with van der Waals surface area (Å²) in [5, 5.41) is 9.11. The lowest BCUT2D eigenvalue weighted by Gasteiger charge is -2.34. The van der Waals surface area contributed by atoms with Gasteiger partial charge in [0.15, 0.2) is 0 Å². The SMILES string of the molecule is C=C(C)CN1CCN(CCC#N)CCN(CCC)CCN(CC(C)/C=C\C=C2\C=CC=CC2)CC1. The molecular formula is C30H49N5. The minimum Gasteiger partial charge on any atom is -0.301 e. The monoisotopic (exact) mass is 479 g/mol. The van der Waals surface area contributed by atoms with Crippen molar-refractivity contribution < 1.29 is 0 Å². The fraction of sp³-hybridized carbons (Fsp3) is 0.633. The molecule has 1 fully saturated rings. The maximum absolute atomic E-state index is 9.11. The summed E-state index contributed by atoms with van der Waals surface area (Å²) < 4.78 is 0. The van der Waals surface area contributed by atoms with E-state index in [1.807, 2.05) is 0 Å². The third-order valence-electron chi connectivity index (χ3n) is 6.71. The summed E-state index contributed by atoms with van der Waals surface area (Å²) >= 11 is 0. The van der Waals surface area contributed by atoms with E-state index in [0.29, 0.717) is 12.3 Å². The molecule has 0 aromatic heterocycles. The van der Waals surface area contributed by atoms with Gasteiger partial charge in [-0.25, -0.2) is 0 Å². The molecule has 0 bridgehead atoms. The van der Waals surface area contributed by atoms with Gasteiger partial charge in [0.05, 0.1) is 6.07 Å². The molecule has 0 amide bonds. The average Bonchev–Trinajstić information content (AvgIpc) is 2.84. The zero-order valence-electron chi connectivity index (χ0n) is 22.7. The molecule has 0 aromatic rings. The van der Waals surface area contributed by atoms with E-state index < -0.39 is 0 Å². The fourth-order valence-electron chi connectivity index (χ4n) is 4.76. The predicted octanol–water partition coefficient (Wildman–Crippen LogP) is 4.74. The van der Waals surface area contributed by atoms with Crippen molar-refractivity contribution in [2.45, 2.75) is 40.0 Å². The van der Waals surface area contributed by atoms with Crippen LogP contribution in [0.2, 0.25) is 0 Å². The van der Waals surface area contributed by atoms with Gasteiger partial charge in [-0.15, -0.1) is 0 Å². The predicted molar refractivity (Wildman–Crippen MR) is 150 cm³/mol. The normalized spacial score (nSPS) is 22.2. The Bertz CT molecular complexity index is 772. The highest BCUT2D eigenvalue weighted by molar-refractivity contribution is 5.32. The van der Waals surface area contributed by atoms with Crippen molar-refractivity contribution >= 4 is 0 Å². The zero-order valence-corrected chi connectivity index (χ0v) is 22.7. The van der Waals surface area contributed by atoms with Crippen molar-refractivity contribution in [3.05, 3.63) is 60.3 Å². The van der Waals surface area contributed by atoms with Crippen molar-refractivity contribution in [2.75, 3.05) is 78.5 Å². The minimum atomic E-state index is 0.513. The summed E-state index contributed by atoms with van der Waals surface area (Å²) in [7, 11) is 0. The van der Waals surface area contributed by atoms with Gasteiger partial charge in [-0.3, -0.25) is 9.80 Å². The first-order valence-corrected chi connectivity index (χ1v) is 13.6. The number of nitriles is 1. The molecule has 1 aliphatic heterocycles. The van der Waals surface area contributed by atoms with Crippen LogP contribution in [0.4, 0.5) is 0 Å². The summed E-state index contributed by atoms with van der Waals surface area (Å²) in [6, 6.07) is 2.33. The van der Waals surface area contributed by atoms with E-state index in [1.165, 1.54) is 17.6 Å². The molecule has 1 aliphatic carbocycles. The molecule has 1 atom stereocenters. The first-order chi connectivity index (χ1) is 17.0. The van der Waals surface area contributed by atoms with Gasteiger partial charge in [-0.05, 0) is 37.8 Å². The fourth-order valence-corrected chi connectivity index (χ4v) is 4.76. The van der Waals surface area contributed by atoms with Gasteiger partial charge in [0, 0.05) is 78.4 Å². The Morgan fingerprint density at radius 2 is 1.63 bits per heavy atom. The molecule has 5 nitrogen and oxygen atoms in total. The number of nitrogens with zero attached hydrogens (tertiary/aromatic N) is 5. The topological polar surface area (TPSA) is 36.8 Å². The molecule has 2 rings (SSSR count). The second-order valence-electron chi connectivity index (χ2n) is 10.2. The van der Waals surface area contributed by atoms with Crippen molar-refractivity contribution in [3.8, 4) is 6.07 Å². The number of allylic oxidation sites excluding steroid dienone is 7. The average molecular weight is 480 g/mol. The molecule has 0 saturated carbocycles. The Kier molecular flexibility index (Phi) is 14.6. The Hall–Kier alpha value is -1.97. The lowest BCUT2D eigenvalue weighted by molar-refractivity contribution is 0.133. The second kappa shape index (κ2) is 17.5. The van der Waals surface area contributed by atoms with Gasteiger partial charge >= 0.3 is 0 Å². The van der Waals surface area contributed by atoms with E-state index in [9.17, 15) is 0 Å². The summed E-state index contributed by atoms with van der Waals surface area (Å²) in [6.07, 6.45) is 18.3. The van der Waals surface area contributed by atoms with Crippen LogP contribution in [-0.4, -0.2) is 98.1 Å². The van der Waals surface area contributed by atoms with Crippen LogP contribution in [0.1, 0.15) is 40.0 Å². The highest BCUT2D eigenvalue weighted by Gasteiger charge is 2.17. The first kappa shape index (κ1) is 29.3. The van der Waals surface area contributed by atoms with Gasteiger partial charge in [-0.1, -0.05) is 68.5 Å². The lowest BCUT2D eigenvalue weighted by atomic mass is 10.1. The van der Waals surface area contributed by atoms with E-state index >= 15 is 0 Å². The van der Waals surface area contributed by atoms with Crippen molar-refractivity contribution in [3.63, 3.8) is 0 Å². The maximum Gasteiger partial charge on any atom is 0.0635 e. The maximum atomic E-state index is 9.11. The lowest BCUT2D eigenvalue weighted by Crippen LogP contribution is -2.47. The molecule has 2 aliphatic rings. The largest absolute Gasteiger partial charge is 0.301 e. The molecule has 1 heterocycles. The van der Waals surface area contributed by atoms with E-state index in [1.54, 1.807) is 0 Å². The Morgan fingerprint density at radius 3 is 2.20 bits per heavy atom. The van der Waals surface area contributed by atoms with Crippen LogP contribution in [0.15, 0.2) is 60.3 Å². The summed E-state index contributed by atoms with van der Waals surface area (Å²) in [5.41, 5.74) is 2.59. The second-order valence-corrected chi connectivity index (χ2v) is 10.2. The summed E-state index contributed by atoms with van der Waals surface area (Å²) in [4.78, 5) is 10.3. The zero-order chi connectivity index (χ0) is 25.3. The Morgan fingerprint density at radius 1 is 1.00 bits per heavy atom. The molecule has 0 aromatic carbocycles. The van der Waals surface area contributed by atoms with Crippen LogP contribution >= 0.6 is 0 Å². The van der Waals surface area contributed by atoms with Crippen LogP contribution < -0.4 is 0 Å². The van der Waals surface area contributed by atoms with Gasteiger partial charge in [0.1, 0.15) is 0 Å². The van der Waals surface area contributed by atoms with Crippen molar-refractivity contribution in [2.24, 2.45) is 5.92 Å². The summed E-state index contributed by atoms with van der Waals surface area (Å²) in [6.45, 7) is 23.5. The van der Waals surface area contributed by atoms with E-state index in [0.717, 1.165) is 85.0 Å². The van der Waals surface area contributed by atoms with Crippen LogP contribution in [0, 0.1) is 17.2 Å².